The van der Waals surface area contributed by atoms with Crippen molar-refractivity contribution in [1.82, 2.24) is 14.9 Å². The normalized spacial score (nSPS) is 22.4. The summed E-state index contributed by atoms with van der Waals surface area (Å²) in [5, 5.41) is 3.34. The monoisotopic (exact) mass is 317 g/mol. The highest BCUT2D eigenvalue weighted by Crippen LogP contribution is 2.19. The van der Waals surface area contributed by atoms with E-state index in [0.29, 0.717) is 38.3 Å². The third-order valence-corrected chi connectivity index (χ3v) is 5.22. The third-order valence-electron chi connectivity index (χ3n) is 4.45. The first-order chi connectivity index (χ1) is 9.94. The van der Waals surface area contributed by atoms with Gasteiger partial charge in [0.05, 0.1) is 6.26 Å². The van der Waals surface area contributed by atoms with Crippen molar-refractivity contribution in [3.63, 3.8) is 0 Å². The van der Waals surface area contributed by atoms with E-state index in [9.17, 15) is 13.2 Å². The average Bonchev–Trinajstić information content (AvgIpc) is 2.45. The summed E-state index contributed by atoms with van der Waals surface area (Å²) in [5.41, 5.74) is 0. The highest BCUT2D eigenvalue weighted by atomic mass is 32.2. The summed E-state index contributed by atoms with van der Waals surface area (Å²) in [6.45, 7) is 3.47. The molecule has 0 spiro atoms. The van der Waals surface area contributed by atoms with Crippen LogP contribution in [0.2, 0.25) is 0 Å². The lowest BCUT2D eigenvalue weighted by Gasteiger charge is -2.32. The minimum Gasteiger partial charge on any atom is -0.343 e. The number of hydrogen-bond acceptors (Lipinski definition) is 4. The first-order valence-corrected chi connectivity index (χ1v) is 9.79. The van der Waals surface area contributed by atoms with Crippen LogP contribution in [-0.4, -0.2) is 57.7 Å². The largest absolute Gasteiger partial charge is 0.343 e. The van der Waals surface area contributed by atoms with Gasteiger partial charge in [-0.05, 0) is 51.1 Å². The van der Waals surface area contributed by atoms with E-state index in [1.54, 1.807) is 0 Å². The number of sulfonamides is 1. The Kier molecular flexibility index (Phi) is 6.01. The van der Waals surface area contributed by atoms with E-state index in [0.717, 1.165) is 19.5 Å². The van der Waals surface area contributed by atoms with Gasteiger partial charge in [0.15, 0.2) is 0 Å². The molecule has 6 nitrogen and oxygen atoms in total. The molecule has 0 aliphatic carbocycles. The molecule has 122 valence electrons. The minimum atomic E-state index is -3.15. The summed E-state index contributed by atoms with van der Waals surface area (Å²) in [6, 6.07) is -0.0199. The van der Waals surface area contributed by atoms with Crippen LogP contribution in [0.3, 0.4) is 0 Å². The first-order valence-electron chi connectivity index (χ1n) is 7.90. The molecule has 0 atom stereocenters. The Bertz CT molecular complexity index is 438. The summed E-state index contributed by atoms with van der Waals surface area (Å²) in [7, 11) is -3.15. The second-order valence-electron chi connectivity index (χ2n) is 6.28. The molecule has 0 aromatic rings. The highest BCUT2D eigenvalue weighted by Gasteiger charge is 2.25. The predicted molar refractivity (Wildman–Crippen MR) is 82.4 cm³/mol. The molecule has 0 bridgehead atoms. The molecule has 0 radical (unpaired) electrons. The van der Waals surface area contributed by atoms with Crippen LogP contribution in [0.4, 0.5) is 0 Å². The molecular formula is C14H27N3O3S. The quantitative estimate of drug-likeness (QED) is 0.765. The zero-order valence-corrected chi connectivity index (χ0v) is 13.6. The molecule has 0 saturated carbocycles. The molecule has 7 heteroatoms. The number of nitrogens with zero attached hydrogens (tertiary/aromatic N) is 1. The fourth-order valence-electron chi connectivity index (χ4n) is 3.21. The number of amides is 1. The van der Waals surface area contributed by atoms with Crippen molar-refractivity contribution < 1.29 is 13.2 Å². The number of rotatable bonds is 5. The van der Waals surface area contributed by atoms with Crippen LogP contribution in [0.15, 0.2) is 0 Å². The van der Waals surface area contributed by atoms with Crippen molar-refractivity contribution in [3.8, 4) is 0 Å². The molecule has 2 rings (SSSR count). The molecule has 2 fully saturated rings. The Morgan fingerprint density at radius 2 is 1.81 bits per heavy atom. The molecule has 0 aromatic heterocycles. The van der Waals surface area contributed by atoms with Crippen LogP contribution in [0.25, 0.3) is 0 Å². The third kappa shape index (κ3) is 5.92. The Morgan fingerprint density at radius 3 is 2.38 bits per heavy atom. The molecule has 0 unspecified atom stereocenters. The second-order valence-corrected chi connectivity index (χ2v) is 8.06. The number of carbonyl (C=O) groups excluding carboxylic acids is 1. The van der Waals surface area contributed by atoms with Gasteiger partial charge in [-0.1, -0.05) is 0 Å². The van der Waals surface area contributed by atoms with E-state index in [1.165, 1.54) is 19.1 Å². The zero-order valence-electron chi connectivity index (χ0n) is 12.8. The Morgan fingerprint density at radius 1 is 1.19 bits per heavy atom. The molecule has 0 aromatic carbocycles. The number of likely N-dealkylation sites (tertiary alicyclic amines) is 1. The fourth-order valence-corrected chi connectivity index (χ4v) is 4.05. The second kappa shape index (κ2) is 7.56. The summed E-state index contributed by atoms with van der Waals surface area (Å²) >= 11 is 0. The maximum atomic E-state index is 12.2. The van der Waals surface area contributed by atoms with Gasteiger partial charge in [0.2, 0.25) is 15.9 Å². The van der Waals surface area contributed by atoms with Crippen LogP contribution in [0, 0.1) is 5.92 Å². The van der Waals surface area contributed by atoms with Crippen LogP contribution < -0.4 is 10.0 Å². The van der Waals surface area contributed by atoms with Crippen molar-refractivity contribution in [1.29, 1.82) is 0 Å². The summed E-state index contributed by atoms with van der Waals surface area (Å²) in [5.74, 6) is 0.908. The molecule has 2 saturated heterocycles. The molecule has 2 aliphatic heterocycles. The van der Waals surface area contributed by atoms with Crippen molar-refractivity contribution in [2.75, 3.05) is 32.4 Å². The van der Waals surface area contributed by atoms with E-state index < -0.39 is 10.0 Å². The fraction of sp³-hybridized carbons (Fsp3) is 0.929. The van der Waals surface area contributed by atoms with Gasteiger partial charge in [-0.15, -0.1) is 0 Å². The maximum Gasteiger partial charge on any atom is 0.222 e. The lowest BCUT2D eigenvalue weighted by molar-refractivity contribution is -0.132. The minimum absolute atomic E-state index is 0.0199. The van der Waals surface area contributed by atoms with Gasteiger partial charge >= 0.3 is 0 Å². The number of nitrogens with one attached hydrogen (secondary N) is 2. The smallest absolute Gasteiger partial charge is 0.222 e. The van der Waals surface area contributed by atoms with Crippen LogP contribution in [-0.2, 0) is 14.8 Å². The lowest BCUT2D eigenvalue weighted by Crippen LogP contribution is -2.46. The first kappa shape index (κ1) is 16.7. The van der Waals surface area contributed by atoms with Gasteiger partial charge in [-0.2, -0.15) is 0 Å². The predicted octanol–water partition coefficient (Wildman–Crippen LogP) is 0.306. The van der Waals surface area contributed by atoms with Gasteiger partial charge in [0, 0.05) is 25.6 Å². The highest BCUT2D eigenvalue weighted by molar-refractivity contribution is 7.88. The van der Waals surface area contributed by atoms with Gasteiger partial charge in [0.25, 0.3) is 0 Å². The molecule has 21 heavy (non-hydrogen) atoms. The molecular weight excluding hydrogens is 290 g/mol. The molecule has 2 aliphatic rings. The van der Waals surface area contributed by atoms with Crippen LogP contribution >= 0.6 is 0 Å². The summed E-state index contributed by atoms with van der Waals surface area (Å²) in [6.07, 6.45) is 6.58. The van der Waals surface area contributed by atoms with E-state index in [2.05, 4.69) is 10.0 Å². The van der Waals surface area contributed by atoms with Gasteiger partial charge in [-0.3, -0.25) is 4.79 Å². The van der Waals surface area contributed by atoms with Gasteiger partial charge in [-0.25, -0.2) is 13.1 Å². The standard InChI is InChI=1S/C14H27N3O3S/c1-21(19,20)16-13-6-10-17(11-7-13)14(18)3-2-12-4-8-15-9-5-12/h12-13,15-16H,2-11H2,1H3. The topological polar surface area (TPSA) is 78.5 Å². The SMILES string of the molecule is CS(=O)(=O)NC1CCN(C(=O)CCC2CCNCC2)CC1. The van der Waals surface area contributed by atoms with Crippen molar-refractivity contribution in [2.45, 2.75) is 44.6 Å². The number of carbonyl (C=O) groups is 1. The lowest BCUT2D eigenvalue weighted by atomic mass is 9.93. The Balaban J connectivity index is 1.67. The van der Waals surface area contributed by atoms with Crippen molar-refractivity contribution in [2.24, 2.45) is 5.92 Å². The van der Waals surface area contributed by atoms with Crippen molar-refractivity contribution in [3.05, 3.63) is 0 Å². The Hall–Kier alpha value is -0.660. The number of hydrogen-bond donors (Lipinski definition) is 2. The molecule has 2 heterocycles. The van der Waals surface area contributed by atoms with Crippen LogP contribution in [0.5, 0.6) is 0 Å². The summed E-state index contributed by atoms with van der Waals surface area (Å²) in [4.78, 5) is 14.1. The Labute approximate surface area is 127 Å². The van der Waals surface area contributed by atoms with Gasteiger partial charge < -0.3 is 10.2 Å². The van der Waals surface area contributed by atoms with Gasteiger partial charge in [0.1, 0.15) is 0 Å². The molecule has 2 N–H and O–H groups in total. The summed E-state index contributed by atoms with van der Waals surface area (Å²) < 4.78 is 25.0. The van der Waals surface area contributed by atoms with E-state index in [-0.39, 0.29) is 11.9 Å². The maximum absolute atomic E-state index is 12.2. The van der Waals surface area contributed by atoms with Crippen LogP contribution in [0.1, 0.15) is 38.5 Å². The van der Waals surface area contributed by atoms with Crippen molar-refractivity contribution >= 4 is 15.9 Å². The van der Waals surface area contributed by atoms with E-state index in [1.807, 2.05) is 4.90 Å². The average molecular weight is 317 g/mol. The van der Waals surface area contributed by atoms with E-state index in [4.69, 9.17) is 0 Å². The zero-order chi connectivity index (χ0) is 15.3. The number of piperidine rings is 2. The van der Waals surface area contributed by atoms with E-state index >= 15 is 0 Å². The molecule has 1 amide bonds.